The van der Waals surface area contributed by atoms with E-state index in [4.69, 9.17) is 10.8 Å². The summed E-state index contributed by atoms with van der Waals surface area (Å²) in [6, 6.07) is 4.02. The molecule has 0 spiro atoms. The minimum Gasteiger partial charge on any atom is -0.481 e. The number of halogens is 4. The molecule has 0 saturated heterocycles. The Kier molecular flexibility index (Phi) is 5.93. The molecule has 0 aliphatic carbocycles. The van der Waals surface area contributed by atoms with Crippen molar-refractivity contribution in [1.82, 2.24) is 0 Å². The van der Waals surface area contributed by atoms with E-state index in [0.29, 0.717) is 5.56 Å². The number of aliphatic carboxylic acids is 1. The molecule has 1 rings (SSSR count). The molecular weight excluding hydrogens is 275 g/mol. The third kappa shape index (κ3) is 5.74. The van der Waals surface area contributed by atoms with Crippen LogP contribution in [0, 0.1) is 0 Å². The lowest BCUT2D eigenvalue weighted by Crippen LogP contribution is -2.17. The molecule has 0 heterocycles. The third-order valence-electron chi connectivity index (χ3n) is 1.94. The topological polar surface area (TPSA) is 72.6 Å². The van der Waals surface area contributed by atoms with Crippen LogP contribution in [0.1, 0.15) is 18.0 Å². The number of carboxylic acids is 1. The van der Waals surface area contributed by atoms with E-state index < -0.39 is 18.4 Å². The quantitative estimate of drug-likeness (QED) is 0.891. The molecule has 1 aromatic carbocycles. The van der Waals surface area contributed by atoms with Crippen molar-refractivity contribution >= 4 is 18.4 Å². The van der Waals surface area contributed by atoms with Crippen LogP contribution < -0.4 is 10.5 Å². The molecule has 0 aliphatic rings. The van der Waals surface area contributed by atoms with Crippen molar-refractivity contribution in [3.8, 4) is 5.75 Å². The summed E-state index contributed by atoms with van der Waals surface area (Å²) >= 11 is 0. The van der Waals surface area contributed by atoms with Gasteiger partial charge in [0, 0.05) is 6.04 Å². The van der Waals surface area contributed by atoms with E-state index in [-0.39, 0.29) is 24.6 Å². The Morgan fingerprint density at radius 3 is 2.22 bits per heavy atom. The fourth-order valence-corrected chi connectivity index (χ4v) is 1.22. The van der Waals surface area contributed by atoms with Crippen LogP contribution in [0.2, 0.25) is 0 Å². The highest BCUT2D eigenvalue weighted by Crippen LogP contribution is 2.24. The third-order valence-corrected chi connectivity index (χ3v) is 1.94. The lowest BCUT2D eigenvalue weighted by Gasteiger charge is -2.11. The van der Waals surface area contributed by atoms with Crippen molar-refractivity contribution in [3.63, 3.8) is 0 Å². The van der Waals surface area contributed by atoms with Crippen LogP contribution >= 0.6 is 12.4 Å². The Hall–Kier alpha value is -1.47. The van der Waals surface area contributed by atoms with Gasteiger partial charge in [-0.1, -0.05) is 12.1 Å². The van der Waals surface area contributed by atoms with Gasteiger partial charge in [0.1, 0.15) is 5.75 Å². The van der Waals surface area contributed by atoms with Crippen molar-refractivity contribution in [2.45, 2.75) is 18.8 Å². The van der Waals surface area contributed by atoms with E-state index >= 15 is 0 Å². The molecule has 0 amide bonds. The van der Waals surface area contributed by atoms with Gasteiger partial charge in [-0.05, 0) is 17.7 Å². The molecule has 0 radical (unpaired) electrons. The summed E-state index contributed by atoms with van der Waals surface area (Å²) in [5, 5.41) is 8.50. The standard InChI is InChI=1S/C10H10F3NO3.ClH/c11-10(12,13)17-7-3-1-6(2-4-7)8(14)5-9(15)16;/h1-4,8H,5,14H2,(H,15,16);1H. The van der Waals surface area contributed by atoms with Gasteiger partial charge in [-0.15, -0.1) is 25.6 Å². The van der Waals surface area contributed by atoms with Gasteiger partial charge < -0.3 is 15.6 Å². The van der Waals surface area contributed by atoms with Crippen molar-refractivity contribution in [3.05, 3.63) is 29.8 Å². The van der Waals surface area contributed by atoms with Gasteiger partial charge >= 0.3 is 12.3 Å². The lowest BCUT2D eigenvalue weighted by atomic mass is 10.1. The molecule has 0 saturated carbocycles. The highest BCUT2D eigenvalue weighted by Gasteiger charge is 2.31. The SMILES string of the molecule is Cl.NC(CC(=O)O)c1ccc(OC(F)(F)F)cc1. The number of hydrogen-bond acceptors (Lipinski definition) is 3. The molecule has 18 heavy (non-hydrogen) atoms. The molecule has 4 nitrogen and oxygen atoms in total. The van der Waals surface area contributed by atoms with Gasteiger partial charge in [-0.2, -0.15) is 0 Å². The van der Waals surface area contributed by atoms with Gasteiger partial charge in [-0.3, -0.25) is 4.79 Å². The first-order valence-electron chi connectivity index (χ1n) is 4.61. The highest BCUT2D eigenvalue weighted by atomic mass is 35.5. The monoisotopic (exact) mass is 285 g/mol. The lowest BCUT2D eigenvalue weighted by molar-refractivity contribution is -0.274. The zero-order valence-electron chi connectivity index (χ0n) is 8.98. The fraction of sp³-hybridized carbons (Fsp3) is 0.300. The van der Waals surface area contributed by atoms with Crippen molar-refractivity contribution < 1.29 is 27.8 Å². The van der Waals surface area contributed by atoms with Gasteiger partial charge in [0.15, 0.2) is 0 Å². The van der Waals surface area contributed by atoms with Gasteiger partial charge in [-0.25, -0.2) is 0 Å². The Labute approximate surface area is 107 Å². The van der Waals surface area contributed by atoms with E-state index in [9.17, 15) is 18.0 Å². The maximum atomic E-state index is 11.8. The number of alkyl halides is 3. The van der Waals surface area contributed by atoms with Crippen molar-refractivity contribution in [2.75, 3.05) is 0 Å². The Morgan fingerprint density at radius 2 is 1.83 bits per heavy atom. The number of nitrogens with two attached hydrogens (primary N) is 1. The number of rotatable bonds is 4. The van der Waals surface area contributed by atoms with E-state index in [1.807, 2.05) is 0 Å². The van der Waals surface area contributed by atoms with Crippen LogP contribution in [-0.4, -0.2) is 17.4 Å². The summed E-state index contributed by atoms with van der Waals surface area (Å²) in [6.45, 7) is 0. The normalized spacial score (nSPS) is 12.4. The van der Waals surface area contributed by atoms with E-state index in [1.165, 1.54) is 12.1 Å². The van der Waals surface area contributed by atoms with Crippen LogP contribution in [0.25, 0.3) is 0 Å². The van der Waals surface area contributed by atoms with Crippen LogP contribution in [0.15, 0.2) is 24.3 Å². The molecule has 0 aromatic heterocycles. The van der Waals surface area contributed by atoms with Gasteiger partial charge in [0.25, 0.3) is 0 Å². The highest BCUT2D eigenvalue weighted by molar-refractivity contribution is 5.85. The molecule has 102 valence electrons. The Balaban J connectivity index is 0.00000289. The smallest absolute Gasteiger partial charge is 0.481 e. The van der Waals surface area contributed by atoms with Gasteiger partial charge in [0.2, 0.25) is 0 Å². The Morgan fingerprint density at radius 1 is 1.33 bits per heavy atom. The molecule has 0 fully saturated rings. The average molecular weight is 286 g/mol. The minimum atomic E-state index is -4.75. The minimum absolute atomic E-state index is 0. The number of benzene rings is 1. The molecule has 0 bridgehead atoms. The summed E-state index contributed by atoms with van der Waals surface area (Å²) in [5.74, 6) is -1.45. The summed E-state index contributed by atoms with van der Waals surface area (Å²) in [6.07, 6.45) is -5.04. The first kappa shape index (κ1) is 16.5. The largest absolute Gasteiger partial charge is 0.573 e. The molecule has 0 aliphatic heterocycles. The predicted molar refractivity (Wildman–Crippen MR) is 59.6 cm³/mol. The second-order valence-corrected chi connectivity index (χ2v) is 3.32. The number of carboxylic acid groups (broad SMARTS) is 1. The molecule has 1 aromatic rings. The van der Waals surface area contributed by atoms with E-state index in [1.54, 1.807) is 0 Å². The zero-order valence-corrected chi connectivity index (χ0v) is 9.79. The van der Waals surface area contributed by atoms with E-state index in [0.717, 1.165) is 12.1 Å². The van der Waals surface area contributed by atoms with Gasteiger partial charge in [0.05, 0.1) is 6.42 Å². The fourth-order valence-electron chi connectivity index (χ4n) is 1.22. The molecular formula is C10H11ClF3NO3. The molecule has 1 atom stereocenters. The first-order chi connectivity index (χ1) is 7.78. The van der Waals surface area contributed by atoms with Crippen LogP contribution in [0.4, 0.5) is 13.2 Å². The number of ether oxygens (including phenoxy) is 1. The van der Waals surface area contributed by atoms with Crippen LogP contribution in [0.3, 0.4) is 0 Å². The number of hydrogen-bond donors (Lipinski definition) is 2. The van der Waals surface area contributed by atoms with Crippen molar-refractivity contribution in [1.29, 1.82) is 0 Å². The maximum absolute atomic E-state index is 11.8. The van der Waals surface area contributed by atoms with Crippen molar-refractivity contribution in [2.24, 2.45) is 5.73 Å². The van der Waals surface area contributed by atoms with Crippen LogP contribution in [-0.2, 0) is 4.79 Å². The Bertz CT molecular complexity index is 394. The summed E-state index contributed by atoms with van der Waals surface area (Å²) in [5.41, 5.74) is 5.96. The number of carbonyl (C=O) groups is 1. The summed E-state index contributed by atoms with van der Waals surface area (Å²) in [7, 11) is 0. The first-order valence-corrected chi connectivity index (χ1v) is 4.61. The molecule has 3 N–H and O–H groups in total. The maximum Gasteiger partial charge on any atom is 0.573 e. The molecule has 1 unspecified atom stereocenters. The summed E-state index contributed by atoms with van der Waals surface area (Å²) < 4.78 is 39.2. The van der Waals surface area contributed by atoms with Crippen LogP contribution in [0.5, 0.6) is 5.75 Å². The van der Waals surface area contributed by atoms with E-state index in [2.05, 4.69) is 4.74 Å². The molecule has 8 heteroatoms. The average Bonchev–Trinajstić information content (AvgIpc) is 2.15. The zero-order chi connectivity index (χ0) is 13.1. The second kappa shape index (κ2) is 6.46. The second-order valence-electron chi connectivity index (χ2n) is 3.32. The summed E-state index contributed by atoms with van der Waals surface area (Å²) in [4.78, 5) is 10.4. The predicted octanol–water partition coefficient (Wildman–Crippen LogP) is 2.48.